The number of rotatable bonds is 4. The molecule has 110 valence electrons. The number of nitrogens with zero attached hydrogens (tertiary/aromatic N) is 1. The molecule has 0 amide bonds. The van der Waals surface area contributed by atoms with Gasteiger partial charge in [-0.3, -0.25) is 0 Å². The summed E-state index contributed by atoms with van der Waals surface area (Å²) in [5, 5.41) is 14.0. The van der Waals surface area contributed by atoms with Gasteiger partial charge in [-0.05, 0) is 5.56 Å². The average Bonchev–Trinajstić information content (AvgIpc) is 2.49. The lowest BCUT2D eigenvalue weighted by Crippen LogP contribution is -2.13. The van der Waals surface area contributed by atoms with E-state index in [1.54, 1.807) is 24.3 Å². The largest absolute Gasteiger partial charge is 0.409 e. The highest BCUT2D eigenvalue weighted by Crippen LogP contribution is 2.20. The van der Waals surface area contributed by atoms with Gasteiger partial charge >= 0.3 is 0 Å². The van der Waals surface area contributed by atoms with Crippen molar-refractivity contribution in [1.82, 2.24) is 0 Å². The third kappa shape index (κ3) is 3.44. The minimum atomic E-state index is -1.25. The summed E-state index contributed by atoms with van der Waals surface area (Å²) in [7, 11) is 0. The van der Waals surface area contributed by atoms with Crippen molar-refractivity contribution in [1.29, 1.82) is 0 Å². The first-order valence-electron chi connectivity index (χ1n) is 5.96. The molecular weight excluding hydrogens is 283 g/mol. The first kappa shape index (κ1) is 14.7. The average molecular weight is 295 g/mol. The smallest absolute Gasteiger partial charge is 0.182 e. The number of hydrogen-bond acceptors (Lipinski definition) is 3. The number of nitrogens with one attached hydrogen (secondary N) is 1. The van der Waals surface area contributed by atoms with Crippen LogP contribution in [0.4, 0.5) is 18.9 Å². The highest BCUT2D eigenvalue weighted by Gasteiger charge is 2.10. The van der Waals surface area contributed by atoms with Crippen LogP contribution < -0.4 is 11.1 Å². The second kappa shape index (κ2) is 6.17. The quantitative estimate of drug-likeness (QED) is 0.267. The van der Waals surface area contributed by atoms with Crippen molar-refractivity contribution in [3.8, 4) is 0 Å². The van der Waals surface area contributed by atoms with Gasteiger partial charge in [0.2, 0.25) is 0 Å². The van der Waals surface area contributed by atoms with Crippen LogP contribution in [0.15, 0.2) is 41.6 Å². The third-order valence-electron chi connectivity index (χ3n) is 2.83. The molecule has 2 aromatic carbocycles. The Bertz CT molecular complexity index is 672. The Morgan fingerprint density at radius 1 is 1.14 bits per heavy atom. The zero-order valence-corrected chi connectivity index (χ0v) is 10.8. The van der Waals surface area contributed by atoms with E-state index in [0.29, 0.717) is 11.6 Å². The van der Waals surface area contributed by atoms with Crippen LogP contribution in [0.25, 0.3) is 0 Å². The SMILES string of the molecule is NC(=NO)c1ccc(CNc2cc(F)cc(F)c2F)cc1. The number of oxime groups is 1. The molecule has 4 N–H and O–H groups in total. The van der Waals surface area contributed by atoms with Crippen LogP contribution in [0.3, 0.4) is 0 Å². The van der Waals surface area contributed by atoms with Gasteiger partial charge in [-0.1, -0.05) is 29.4 Å². The number of halogens is 3. The first-order valence-corrected chi connectivity index (χ1v) is 5.96. The Morgan fingerprint density at radius 3 is 2.43 bits per heavy atom. The van der Waals surface area contributed by atoms with Crippen molar-refractivity contribution in [3.63, 3.8) is 0 Å². The molecule has 0 radical (unpaired) electrons. The van der Waals surface area contributed by atoms with E-state index in [1.165, 1.54) is 0 Å². The predicted molar refractivity (Wildman–Crippen MR) is 72.6 cm³/mol. The summed E-state index contributed by atoms with van der Waals surface area (Å²) in [5.41, 5.74) is 6.41. The molecule has 0 aliphatic rings. The van der Waals surface area contributed by atoms with Gasteiger partial charge in [-0.25, -0.2) is 13.2 Å². The highest BCUT2D eigenvalue weighted by atomic mass is 19.2. The Kier molecular flexibility index (Phi) is 4.32. The number of hydrogen-bond donors (Lipinski definition) is 3. The summed E-state index contributed by atoms with van der Waals surface area (Å²) in [6.45, 7) is 0.163. The lowest BCUT2D eigenvalue weighted by Gasteiger charge is -2.09. The fourth-order valence-electron chi connectivity index (χ4n) is 1.73. The summed E-state index contributed by atoms with van der Waals surface area (Å²) in [6.07, 6.45) is 0. The number of nitrogens with two attached hydrogens (primary N) is 1. The summed E-state index contributed by atoms with van der Waals surface area (Å²) in [5.74, 6) is -3.28. The zero-order chi connectivity index (χ0) is 15.4. The van der Waals surface area contributed by atoms with Crippen LogP contribution in [0.2, 0.25) is 0 Å². The second-order valence-corrected chi connectivity index (χ2v) is 4.28. The molecule has 2 aromatic rings. The number of benzene rings is 2. The van der Waals surface area contributed by atoms with Crippen LogP contribution >= 0.6 is 0 Å². The molecule has 21 heavy (non-hydrogen) atoms. The van der Waals surface area contributed by atoms with Crippen molar-refractivity contribution in [2.45, 2.75) is 6.54 Å². The van der Waals surface area contributed by atoms with Gasteiger partial charge < -0.3 is 16.3 Å². The normalized spacial score (nSPS) is 11.5. The van der Waals surface area contributed by atoms with Crippen molar-refractivity contribution in [2.75, 3.05) is 5.32 Å². The van der Waals surface area contributed by atoms with Crippen molar-refractivity contribution < 1.29 is 18.4 Å². The molecule has 4 nitrogen and oxygen atoms in total. The fourth-order valence-corrected chi connectivity index (χ4v) is 1.73. The van der Waals surface area contributed by atoms with Crippen LogP contribution in [-0.4, -0.2) is 11.0 Å². The maximum atomic E-state index is 13.4. The highest BCUT2D eigenvalue weighted by molar-refractivity contribution is 5.96. The van der Waals surface area contributed by atoms with Crippen molar-refractivity contribution in [2.24, 2.45) is 10.9 Å². The molecule has 0 aromatic heterocycles. The predicted octanol–water partition coefficient (Wildman–Crippen LogP) is 2.81. The van der Waals surface area contributed by atoms with Crippen LogP contribution in [0.5, 0.6) is 0 Å². The maximum absolute atomic E-state index is 13.4. The summed E-state index contributed by atoms with van der Waals surface area (Å²) in [6, 6.07) is 7.89. The van der Waals surface area contributed by atoms with Gasteiger partial charge in [0.05, 0.1) is 5.69 Å². The summed E-state index contributed by atoms with van der Waals surface area (Å²) in [4.78, 5) is 0. The van der Waals surface area contributed by atoms with Gasteiger partial charge in [0.15, 0.2) is 17.5 Å². The number of anilines is 1. The second-order valence-electron chi connectivity index (χ2n) is 4.28. The van der Waals surface area contributed by atoms with Crippen molar-refractivity contribution in [3.05, 3.63) is 65.0 Å². The minimum Gasteiger partial charge on any atom is -0.409 e. The minimum absolute atomic E-state index is 0.0345. The van der Waals surface area contributed by atoms with E-state index in [2.05, 4.69) is 10.5 Å². The van der Waals surface area contributed by atoms with E-state index in [9.17, 15) is 13.2 Å². The molecule has 0 bridgehead atoms. The van der Waals surface area contributed by atoms with E-state index < -0.39 is 17.5 Å². The zero-order valence-electron chi connectivity index (χ0n) is 10.8. The van der Waals surface area contributed by atoms with Gasteiger partial charge in [0.1, 0.15) is 5.82 Å². The van der Waals surface area contributed by atoms with Gasteiger partial charge in [0, 0.05) is 24.2 Å². The van der Waals surface area contributed by atoms with E-state index in [0.717, 1.165) is 11.6 Å². The molecule has 0 fully saturated rings. The third-order valence-corrected chi connectivity index (χ3v) is 2.83. The van der Waals surface area contributed by atoms with E-state index >= 15 is 0 Å². The molecule has 0 saturated carbocycles. The number of amidine groups is 1. The monoisotopic (exact) mass is 295 g/mol. The van der Waals surface area contributed by atoms with Gasteiger partial charge in [0.25, 0.3) is 0 Å². The summed E-state index contributed by atoms with van der Waals surface area (Å²) < 4.78 is 39.5. The maximum Gasteiger partial charge on any atom is 0.182 e. The van der Waals surface area contributed by atoms with E-state index in [-0.39, 0.29) is 18.1 Å². The Labute approximate surface area is 118 Å². The Morgan fingerprint density at radius 2 is 1.81 bits per heavy atom. The van der Waals surface area contributed by atoms with Crippen LogP contribution in [0, 0.1) is 17.5 Å². The van der Waals surface area contributed by atoms with E-state index in [1.807, 2.05) is 0 Å². The fraction of sp³-hybridized carbons (Fsp3) is 0.0714. The molecule has 0 saturated heterocycles. The standard InChI is InChI=1S/C14H12F3N3O/c15-10-5-11(16)13(17)12(6-10)19-7-8-1-3-9(4-2-8)14(18)20-21/h1-6,19,21H,7H2,(H2,18,20). The van der Waals surface area contributed by atoms with Gasteiger partial charge in [-0.15, -0.1) is 0 Å². The topological polar surface area (TPSA) is 70.6 Å². The van der Waals surface area contributed by atoms with Crippen LogP contribution in [0.1, 0.15) is 11.1 Å². The molecule has 0 spiro atoms. The van der Waals surface area contributed by atoms with Gasteiger partial charge in [-0.2, -0.15) is 0 Å². The molecule has 0 unspecified atom stereocenters. The molecule has 2 rings (SSSR count). The molecular formula is C14H12F3N3O. The first-order chi connectivity index (χ1) is 10.0. The summed E-state index contributed by atoms with van der Waals surface area (Å²) >= 11 is 0. The molecule has 0 aliphatic heterocycles. The molecule has 0 atom stereocenters. The van der Waals surface area contributed by atoms with Crippen molar-refractivity contribution >= 4 is 11.5 Å². The molecule has 7 heteroatoms. The lowest BCUT2D eigenvalue weighted by molar-refractivity contribution is 0.318. The van der Waals surface area contributed by atoms with Crippen LogP contribution in [-0.2, 0) is 6.54 Å². The van der Waals surface area contributed by atoms with E-state index in [4.69, 9.17) is 10.9 Å². The lowest BCUT2D eigenvalue weighted by atomic mass is 10.1. The Balaban J connectivity index is 2.10. The Hall–Kier alpha value is -2.70. The molecule has 0 aliphatic carbocycles. The molecule has 0 heterocycles.